The smallest absolute Gasteiger partial charge is 0.261 e. The molecule has 39 heavy (non-hydrogen) atoms. The van der Waals surface area contributed by atoms with Gasteiger partial charge in [-0.3, -0.25) is 9.52 Å². The van der Waals surface area contributed by atoms with Crippen LogP contribution in [0.3, 0.4) is 0 Å². The van der Waals surface area contributed by atoms with Crippen LogP contribution in [0.5, 0.6) is 5.75 Å². The monoisotopic (exact) mass is 567 g/mol. The molecule has 0 aliphatic rings. The van der Waals surface area contributed by atoms with Gasteiger partial charge in [-0.05, 0) is 106 Å². The molecular weight excluding hydrogens is 530 g/mol. The van der Waals surface area contributed by atoms with Crippen LogP contribution in [0.4, 0.5) is 11.4 Å². The lowest BCUT2D eigenvalue weighted by Crippen LogP contribution is -2.42. The van der Waals surface area contributed by atoms with E-state index in [9.17, 15) is 13.2 Å². The highest BCUT2D eigenvalue weighted by atomic mass is 32.2. The molecule has 0 aliphatic heterocycles. The summed E-state index contributed by atoms with van der Waals surface area (Å²) in [6, 6.07) is 17.8. The van der Waals surface area contributed by atoms with E-state index in [1.165, 1.54) is 12.1 Å². The fraction of sp³-hybridized carbons (Fsp3) is 0.333. The highest BCUT2D eigenvalue weighted by Gasteiger charge is 2.28. The van der Waals surface area contributed by atoms with Crippen molar-refractivity contribution < 1.29 is 17.9 Å². The van der Waals surface area contributed by atoms with Crippen LogP contribution in [0.1, 0.15) is 48.9 Å². The lowest BCUT2D eigenvalue weighted by molar-refractivity contribution is -0.128. The molecule has 0 saturated heterocycles. The van der Waals surface area contributed by atoms with E-state index in [0.29, 0.717) is 30.8 Å². The van der Waals surface area contributed by atoms with Crippen molar-refractivity contribution >= 4 is 44.6 Å². The lowest BCUT2D eigenvalue weighted by atomic mass is 9.87. The molecule has 3 aromatic rings. The Morgan fingerprint density at radius 1 is 0.897 bits per heavy atom. The number of amides is 1. The van der Waals surface area contributed by atoms with Gasteiger partial charge in [0, 0.05) is 11.1 Å². The second-order valence-electron chi connectivity index (χ2n) is 10.5. The van der Waals surface area contributed by atoms with E-state index >= 15 is 0 Å². The third-order valence-corrected chi connectivity index (χ3v) is 8.02. The molecule has 0 aliphatic carbocycles. The van der Waals surface area contributed by atoms with Gasteiger partial charge in [0.1, 0.15) is 5.75 Å². The van der Waals surface area contributed by atoms with E-state index in [-0.39, 0.29) is 15.9 Å². The Kier molecular flexibility index (Phi) is 9.74. The maximum atomic E-state index is 12.9. The first kappa shape index (κ1) is 30.1. The summed E-state index contributed by atoms with van der Waals surface area (Å²) in [6.45, 7) is 12.1. The lowest BCUT2D eigenvalue weighted by Gasteiger charge is -2.24. The first-order chi connectivity index (χ1) is 18.3. The Balaban J connectivity index is 1.50. The number of hydrogen-bond donors (Lipinski definition) is 3. The molecule has 0 radical (unpaired) electrons. The number of benzene rings is 3. The predicted molar refractivity (Wildman–Crippen MR) is 162 cm³/mol. The standard InChI is InChI=1S/C30H37N3O4S2/c1-20-9-15-26(23(4)18-20)33-39(35,36)25-13-11-24(12-14-25)31-29(38)32-28(34)30(5,6)16-7-17-37-27-19-21(2)8-10-22(27)3/h8-15,18-19,33H,7,16-17H2,1-6H3,(H2,31,32,34,38). The molecule has 3 N–H and O–H groups in total. The summed E-state index contributed by atoms with van der Waals surface area (Å²) in [7, 11) is -3.76. The van der Waals surface area contributed by atoms with Gasteiger partial charge in [-0.15, -0.1) is 0 Å². The first-order valence-electron chi connectivity index (χ1n) is 12.8. The van der Waals surface area contributed by atoms with Crippen molar-refractivity contribution in [1.82, 2.24) is 5.32 Å². The van der Waals surface area contributed by atoms with E-state index in [2.05, 4.69) is 15.4 Å². The number of carbonyl (C=O) groups excluding carboxylic acids is 1. The summed E-state index contributed by atoms with van der Waals surface area (Å²) < 4.78 is 34.2. The minimum atomic E-state index is -3.76. The van der Waals surface area contributed by atoms with Crippen molar-refractivity contribution in [3.05, 3.63) is 82.9 Å². The molecule has 0 saturated carbocycles. The van der Waals surface area contributed by atoms with Gasteiger partial charge in [-0.25, -0.2) is 8.42 Å². The number of sulfonamides is 1. The molecule has 3 aromatic carbocycles. The third kappa shape index (κ3) is 8.53. The molecule has 3 rings (SSSR count). The van der Waals surface area contributed by atoms with Crippen LogP contribution in [0, 0.1) is 33.1 Å². The summed E-state index contributed by atoms with van der Waals surface area (Å²) in [5.74, 6) is 0.658. The normalized spacial score (nSPS) is 11.5. The van der Waals surface area contributed by atoms with E-state index in [1.54, 1.807) is 18.2 Å². The van der Waals surface area contributed by atoms with Crippen molar-refractivity contribution in [2.75, 3.05) is 16.6 Å². The summed E-state index contributed by atoms with van der Waals surface area (Å²) in [5.41, 5.74) is 4.55. The quantitative estimate of drug-likeness (QED) is 0.193. The molecule has 1 amide bonds. The highest BCUT2D eigenvalue weighted by Crippen LogP contribution is 2.25. The number of aryl methyl sites for hydroxylation is 4. The van der Waals surface area contributed by atoms with Crippen molar-refractivity contribution in [3.8, 4) is 5.75 Å². The van der Waals surface area contributed by atoms with E-state index in [4.69, 9.17) is 17.0 Å². The second-order valence-corrected chi connectivity index (χ2v) is 12.6. The minimum absolute atomic E-state index is 0.118. The Bertz CT molecular complexity index is 1450. The number of hydrogen-bond acceptors (Lipinski definition) is 5. The van der Waals surface area contributed by atoms with Gasteiger partial charge in [0.05, 0.1) is 17.2 Å². The van der Waals surface area contributed by atoms with Crippen molar-refractivity contribution in [3.63, 3.8) is 0 Å². The van der Waals surface area contributed by atoms with Gasteiger partial charge in [-0.2, -0.15) is 0 Å². The fourth-order valence-corrected chi connectivity index (χ4v) is 5.30. The third-order valence-electron chi connectivity index (χ3n) is 6.44. The average Bonchev–Trinajstić information content (AvgIpc) is 2.86. The fourth-order valence-electron chi connectivity index (χ4n) is 3.96. The molecular formula is C30H37N3O4S2. The molecule has 0 unspecified atom stereocenters. The van der Waals surface area contributed by atoms with E-state index < -0.39 is 15.4 Å². The molecule has 0 aromatic heterocycles. The molecule has 0 spiro atoms. The van der Waals surface area contributed by atoms with Gasteiger partial charge in [0.15, 0.2) is 5.11 Å². The summed E-state index contributed by atoms with van der Waals surface area (Å²) in [5, 5.41) is 5.83. The molecule has 0 fully saturated rings. The molecule has 7 nitrogen and oxygen atoms in total. The molecule has 0 atom stereocenters. The van der Waals surface area contributed by atoms with Crippen LogP contribution >= 0.6 is 12.2 Å². The number of anilines is 2. The van der Waals surface area contributed by atoms with Gasteiger partial charge >= 0.3 is 0 Å². The van der Waals surface area contributed by atoms with Crippen LogP contribution in [-0.4, -0.2) is 26.0 Å². The minimum Gasteiger partial charge on any atom is -0.493 e. The van der Waals surface area contributed by atoms with Crippen molar-refractivity contribution in [1.29, 1.82) is 0 Å². The SMILES string of the molecule is Cc1ccc(NS(=O)(=O)c2ccc(NC(=S)NC(=O)C(C)(C)CCCOc3cc(C)ccc3C)cc2)c(C)c1. The van der Waals surface area contributed by atoms with Crippen molar-refractivity contribution in [2.24, 2.45) is 5.41 Å². The van der Waals surface area contributed by atoms with E-state index in [0.717, 1.165) is 28.0 Å². The number of carbonyl (C=O) groups is 1. The number of thiocarbonyl (C=S) groups is 1. The van der Waals surface area contributed by atoms with Crippen LogP contribution in [0.15, 0.2) is 65.6 Å². The van der Waals surface area contributed by atoms with Gasteiger partial charge in [0.25, 0.3) is 10.0 Å². The highest BCUT2D eigenvalue weighted by molar-refractivity contribution is 7.92. The Labute approximate surface area is 237 Å². The zero-order valence-corrected chi connectivity index (χ0v) is 25.0. The number of rotatable bonds is 10. The number of ether oxygens (including phenoxy) is 1. The predicted octanol–water partition coefficient (Wildman–Crippen LogP) is 6.42. The van der Waals surface area contributed by atoms with Crippen LogP contribution in [-0.2, 0) is 14.8 Å². The second kappa shape index (κ2) is 12.6. The topological polar surface area (TPSA) is 96.5 Å². The van der Waals surface area contributed by atoms with Gasteiger partial charge < -0.3 is 15.4 Å². The van der Waals surface area contributed by atoms with Crippen LogP contribution in [0.25, 0.3) is 0 Å². The first-order valence-corrected chi connectivity index (χ1v) is 14.7. The molecule has 208 valence electrons. The van der Waals surface area contributed by atoms with Gasteiger partial charge in [0.2, 0.25) is 5.91 Å². The zero-order chi connectivity index (χ0) is 28.8. The summed E-state index contributed by atoms with van der Waals surface area (Å²) in [4.78, 5) is 13.0. The largest absolute Gasteiger partial charge is 0.493 e. The molecule has 0 bridgehead atoms. The molecule has 9 heteroatoms. The maximum Gasteiger partial charge on any atom is 0.261 e. The average molecular weight is 568 g/mol. The Morgan fingerprint density at radius 2 is 1.54 bits per heavy atom. The Morgan fingerprint density at radius 3 is 2.21 bits per heavy atom. The Hall–Kier alpha value is -3.43. The molecule has 0 heterocycles. The zero-order valence-electron chi connectivity index (χ0n) is 23.3. The number of nitrogens with one attached hydrogen (secondary N) is 3. The van der Waals surface area contributed by atoms with E-state index in [1.807, 2.05) is 71.9 Å². The van der Waals surface area contributed by atoms with Gasteiger partial charge in [-0.1, -0.05) is 43.7 Å². The maximum absolute atomic E-state index is 12.9. The van der Waals surface area contributed by atoms with Crippen molar-refractivity contribution in [2.45, 2.75) is 59.3 Å². The summed E-state index contributed by atoms with van der Waals surface area (Å²) >= 11 is 5.33. The van der Waals surface area contributed by atoms with Crippen LogP contribution < -0.4 is 20.1 Å². The van der Waals surface area contributed by atoms with Crippen LogP contribution in [0.2, 0.25) is 0 Å². The summed E-state index contributed by atoms with van der Waals surface area (Å²) in [6.07, 6.45) is 1.33.